The summed E-state index contributed by atoms with van der Waals surface area (Å²) in [4.78, 5) is 7.22. The summed E-state index contributed by atoms with van der Waals surface area (Å²) in [7, 11) is 0. The molecule has 28 heavy (non-hydrogen) atoms. The number of nitrogens with one attached hydrogen (secondary N) is 1. The van der Waals surface area contributed by atoms with E-state index in [2.05, 4.69) is 35.3 Å². The zero-order valence-corrected chi connectivity index (χ0v) is 17.9. The van der Waals surface area contributed by atoms with Gasteiger partial charge in [0.1, 0.15) is 5.75 Å². The molecule has 6 heteroatoms. The van der Waals surface area contributed by atoms with Crippen LogP contribution in [0.3, 0.4) is 0 Å². The van der Waals surface area contributed by atoms with Crippen LogP contribution in [0.5, 0.6) is 5.75 Å². The first-order chi connectivity index (χ1) is 13.6. The summed E-state index contributed by atoms with van der Waals surface area (Å²) in [5.41, 5.74) is 3.54. The highest BCUT2D eigenvalue weighted by Crippen LogP contribution is 2.30. The number of aryl methyl sites for hydroxylation is 1. The van der Waals surface area contributed by atoms with Crippen molar-refractivity contribution in [3.63, 3.8) is 0 Å². The number of aromatic nitrogens is 1. The molecule has 0 bridgehead atoms. The summed E-state index contributed by atoms with van der Waals surface area (Å²) in [5.74, 6) is 1.01. The normalized spacial score (nSPS) is 15.8. The minimum Gasteiger partial charge on any atom is -0.494 e. The summed E-state index contributed by atoms with van der Waals surface area (Å²) < 4.78 is 6.88. The second-order valence-corrected chi connectivity index (χ2v) is 8.83. The Hall–Kier alpha value is -1.82. The van der Waals surface area contributed by atoms with Crippen molar-refractivity contribution in [2.24, 2.45) is 0 Å². The van der Waals surface area contributed by atoms with Crippen molar-refractivity contribution in [2.45, 2.75) is 39.3 Å². The molecule has 1 fully saturated rings. The molecular weight excluding hydrogens is 390 g/mol. The molecule has 1 N–H and O–H groups in total. The number of fused-ring (bicyclic) bond motifs is 1. The van der Waals surface area contributed by atoms with Crippen molar-refractivity contribution < 1.29 is 4.74 Å². The number of likely N-dealkylation sites (tertiary alicyclic amines) is 1. The lowest BCUT2D eigenvalue weighted by Crippen LogP contribution is -2.38. The third kappa shape index (κ3) is 4.59. The van der Waals surface area contributed by atoms with E-state index in [0.717, 1.165) is 58.6 Å². The Bertz CT molecular complexity index is 950. The van der Waals surface area contributed by atoms with Gasteiger partial charge in [-0.05, 0) is 62.1 Å². The Morgan fingerprint density at radius 2 is 2.04 bits per heavy atom. The smallest absolute Gasteiger partial charge is 0.184 e. The average Bonchev–Trinajstić information content (AvgIpc) is 3.07. The van der Waals surface area contributed by atoms with E-state index in [-0.39, 0.29) is 0 Å². The monoisotopic (exact) mass is 415 g/mol. The van der Waals surface area contributed by atoms with Crippen molar-refractivity contribution in [1.82, 2.24) is 9.88 Å². The fraction of sp³-hybridized carbons (Fsp3) is 0.409. The van der Waals surface area contributed by atoms with Crippen LogP contribution in [-0.4, -0.2) is 35.6 Å². The van der Waals surface area contributed by atoms with Crippen LogP contribution in [0.25, 0.3) is 10.2 Å². The molecule has 0 spiro atoms. The molecule has 0 aliphatic carbocycles. The highest BCUT2D eigenvalue weighted by Gasteiger charge is 2.20. The largest absolute Gasteiger partial charge is 0.494 e. The standard InChI is InChI=1S/C22H26ClN3OS/c1-3-27-20-12-16(5-4-15(20)2)14-26-10-8-18(9-11-26)24-22-25-19-7-6-17(23)13-21(19)28-22/h4-7,12-13,18H,3,8-11,14H2,1-2H3,(H,24,25). The summed E-state index contributed by atoms with van der Waals surface area (Å²) in [5, 5.41) is 5.38. The molecule has 2 heterocycles. The molecule has 2 aromatic carbocycles. The molecule has 1 aliphatic rings. The minimum atomic E-state index is 0.476. The fourth-order valence-electron chi connectivity index (χ4n) is 3.68. The van der Waals surface area contributed by atoms with E-state index >= 15 is 0 Å². The lowest BCUT2D eigenvalue weighted by Gasteiger charge is -2.32. The Kier molecular flexibility index (Phi) is 6.04. The van der Waals surface area contributed by atoms with Crippen molar-refractivity contribution in [3.05, 3.63) is 52.5 Å². The summed E-state index contributed by atoms with van der Waals surface area (Å²) in [6, 6.07) is 12.9. The molecule has 0 amide bonds. The van der Waals surface area contributed by atoms with Crippen LogP contribution in [0.1, 0.15) is 30.9 Å². The number of anilines is 1. The van der Waals surface area contributed by atoms with Crippen LogP contribution < -0.4 is 10.1 Å². The predicted molar refractivity (Wildman–Crippen MR) is 119 cm³/mol. The van der Waals surface area contributed by atoms with E-state index < -0.39 is 0 Å². The average molecular weight is 416 g/mol. The molecule has 148 valence electrons. The predicted octanol–water partition coefficient (Wildman–Crippen LogP) is 5.73. The van der Waals surface area contributed by atoms with Gasteiger partial charge in [0.15, 0.2) is 5.13 Å². The molecule has 0 radical (unpaired) electrons. The second kappa shape index (κ2) is 8.68. The van der Waals surface area contributed by atoms with Gasteiger partial charge in [-0.1, -0.05) is 35.1 Å². The third-order valence-corrected chi connectivity index (χ3v) is 6.41. The van der Waals surface area contributed by atoms with Gasteiger partial charge in [-0.2, -0.15) is 0 Å². The summed E-state index contributed by atoms with van der Waals surface area (Å²) in [6.45, 7) is 8.00. The zero-order chi connectivity index (χ0) is 19.5. The number of benzene rings is 2. The van der Waals surface area contributed by atoms with Crippen LogP contribution in [0.4, 0.5) is 5.13 Å². The Morgan fingerprint density at radius 1 is 1.21 bits per heavy atom. The van der Waals surface area contributed by atoms with Crippen LogP contribution in [-0.2, 0) is 6.54 Å². The van der Waals surface area contributed by atoms with E-state index in [4.69, 9.17) is 21.3 Å². The maximum Gasteiger partial charge on any atom is 0.184 e. The molecular formula is C22H26ClN3OS. The molecule has 0 saturated carbocycles. The number of piperidine rings is 1. The number of halogens is 1. The first-order valence-electron chi connectivity index (χ1n) is 9.88. The maximum atomic E-state index is 6.08. The Morgan fingerprint density at radius 3 is 2.82 bits per heavy atom. The van der Waals surface area contributed by atoms with E-state index in [1.807, 2.05) is 25.1 Å². The van der Waals surface area contributed by atoms with Gasteiger partial charge in [-0.25, -0.2) is 4.98 Å². The fourth-order valence-corrected chi connectivity index (χ4v) is 4.90. The van der Waals surface area contributed by atoms with E-state index in [1.54, 1.807) is 11.3 Å². The third-order valence-electron chi connectivity index (χ3n) is 5.22. The maximum absolute atomic E-state index is 6.08. The number of ether oxygens (including phenoxy) is 1. The lowest BCUT2D eigenvalue weighted by atomic mass is 10.0. The highest BCUT2D eigenvalue weighted by atomic mass is 35.5. The van der Waals surface area contributed by atoms with Gasteiger partial charge in [0, 0.05) is 30.7 Å². The Labute approximate surface area is 175 Å². The molecule has 0 atom stereocenters. The van der Waals surface area contributed by atoms with E-state index in [0.29, 0.717) is 12.6 Å². The van der Waals surface area contributed by atoms with Crippen molar-refractivity contribution in [2.75, 3.05) is 25.0 Å². The second-order valence-electron chi connectivity index (χ2n) is 7.36. The van der Waals surface area contributed by atoms with Gasteiger partial charge >= 0.3 is 0 Å². The topological polar surface area (TPSA) is 37.4 Å². The van der Waals surface area contributed by atoms with Crippen molar-refractivity contribution in [3.8, 4) is 5.75 Å². The first kappa shape index (κ1) is 19.5. The van der Waals surface area contributed by atoms with Crippen molar-refractivity contribution in [1.29, 1.82) is 0 Å². The van der Waals surface area contributed by atoms with Gasteiger partial charge in [-0.15, -0.1) is 0 Å². The molecule has 1 saturated heterocycles. The van der Waals surface area contributed by atoms with E-state index in [1.165, 1.54) is 11.1 Å². The minimum absolute atomic E-state index is 0.476. The molecule has 1 aliphatic heterocycles. The van der Waals surface area contributed by atoms with Gasteiger partial charge < -0.3 is 10.1 Å². The van der Waals surface area contributed by atoms with Crippen molar-refractivity contribution >= 4 is 38.3 Å². The first-order valence-corrected chi connectivity index (χ1v) is 11.1. The molecule has 1 aromatic heterocycles. The molecule has 4 nitrogen and oxygen atoms in total. The van der Waals surface area contributed by atoms with Crippen LogP contribution >= 0.6 is 22.9 Å². The molecule has 4 rings (SSSR count). The molecule has 3 aromatic rings. The summed E-state index contributed by atoms with van der Waals surface area (Å²) >= 11 is 7.77. The number of thiazole rings is 1. The number of nitrogens with zero attached hydrogens (tertiary/aromatic N) is 2. The number of rotatable bonds is 6. The van der Waals surface area contributed by atoms with Gasteiger partial charge in [0.2, 0.25) is 0 Å². The van der Waals surface area contributed by atoms with Crippen LogP contribution in [0.2, 0.25) is 5.02 Å². The zero-order valence-electron chi connectivity index (χ0n) is 16.4. The highest BCUT2D eigenvalue weighted by molar-refractivity contribution is 7.22. The summed E-state index contributed by atoms with van der Waals surface area (Å²) in [6.07, 6.45) is 2.25. The lowest BCUT2D eigenvalue weighted by molar-refractivity contribution is 0.211. The van der Waals surface area contributed by atoms with Gasteiger partial charge in [0.05, 0.1) is 16.8 Å². The Balaban J connectivity index is 1.32. The van der Waals surface area contributed by atoms with Crippen LogP contribution in [0.15, 0.2) is 36.4 Å². The number of hydrogen-bond acceptors (Lipinski definition) is 5. The quantitative estimate of drug-likeness (QED) is 0.557. The van der Waals surface area contributed by atoms with E-state index in [9.17, 15) is 0 Å². The molecule has 0 unspecified atom stereocenters. The SMILES string of the molecule is CCOc1cc(CN2CCC(Nc3nc4ccc(Cl)cc4s3)CC2)ccc1C. The number of hydrogen-bond donors (Lipinski definition) is 1. The van der Waals surface area contributed by atoms with Gasteiger partial charge in [0.25, 0.3) is 0 Å². The van der Waals surface area contributed by atoms with Crippen LogP contribution in [0, 0.1) is 6.92 Å². The van der Waals surface area contributed by atoms with Gasteiger partial charge in [-0.3, -0.25) is 4.90 Å².